The fourth-order valence-electron chi connectivity index (χ4n) is 2.34. The lowest BCUT2D eigenvalue weighted by Gasteiger charge is -2.21. The number of imide groups is 1. The predicted octanol–water partition coefficient (Wildman–Crippen LogP) is 2.98. The van der Waals surface area contributed by atoms with E-state index >= 15 is 0 Å². The Hall–Kier alpha value is -2.37. The first-order chi connectivity index (χ1) is 11.9. The molecule has 6 nitrogen and oxygen atoms in total. The summed E-state index contributed by atoms with van der Waals surface area (Å²) in [6.45, 7) is 7.25. The summed E-state index contributed by atoms with van der Waals surface area (Å²) in [5.74, 6) is -1.47. The molecule has 2 N–H and O–H groups in total. The van der Waals surface area contributed by atoms with Crippen LogP contribution in [0, 0.1) is 5.92 Å². The Kier molecular flexibility index (Phi) is 8.67. The summed E-state index contributed by atoms with van der Waals surface area (Å²) in [5, 5.41) is 4.77. The Balaban J connectivity index is 2.60. The van der Waals surface area contributed by atoms with Crippen molar-refractivity contribution in [3.05, 3.63) is 35.9 Å². The molecule has 6 heteroatoms. The molecule has 0 spiro atoms. The maximum Gasteiger partial charge on any atom is 0.321 e. The summed E-state index contributed by atoms with van der Waals surface area (Å²) in [6, 6.07) is 8.73. The number of carbonyl (C=O) groups excluding carboxylic acids is 3. The molecule has 0 aliphatic carbocycles. The summed E-state index contributed by atoms with van der Waals surface area (Å²) >= 11 is 0. The summed E-state index contributed by atoms with van der Waals surface area (Å²) in [4.78, 5) is 35.8. The number of rotatable bonds is 8. The van der Waals surface area contributed by atoms with Gasteiger partial charge in [-0.2, -0.15) is 0 Å². The van der Waals surface area contributed by atoms with Crippen molar-refractivity contribution >= 4 is 17.9 Å². The molecule has 3 amide bonds. The molecule has 1 rings (SSSR count). The van der Waals surface area contributed by atoms with Gasteiger partial charge in [0.25, 0.3) is 5.91 Å². The van der Waals surface area contributed by atoms with Crippen LogP contribution in [0.4, 0.5) is 4.79 Å². The molecule has 1 aromatic rings. The smallest absolute Gasteiger partial charge is 0.321 e. The summed E-state index contributed by atoms with van der Waals surface area (Å²) in [5.41, 5.74) is 0.858. The Morgan fingerprint density at radius 1 is 1.04 bits per heavy atom. The van der Waals surface area contributed by atoms with E-state index in [0.29, 0.717) is 0 Å². The third-order valence-electron chi connectivity index (χ3n) is 4.21. The van der Waals surface area contributed by atoms with Crippen LogP contribution in [0.2, 0.25) is 0 Å². The fourth-order valence-corrected chi connectivity index (χ4v) is 2.34. The Morgan fingerprint density at radius 3 is 2.24 bits per heavy atom. The van der Waals surface area contributed by atoms with Crippen molar-refractivity contribution in [2.45, 2.75) is 52.5 Å². The average molecular weight is 348 g/mol. The quantitative estimate of drug-likeness (QED) is 0.707. The molecule has 0 unspecified atom stereocenters. The minimum absolute atomic E-state index is 0.0387. The highest BCUT2D eigenvalue weighted by molar-refractivity contribution is 5.95. The lowest BCUT2D eigenvalue weighted by molar-refractivity contribution is -0.151. The van der Waals surface area contributed by atoms with Crippen molar-refractivity contribution in [3.8, 4) is 0 Å². The third kappa shape index (κ3) is 6.95. The first-order valence-corrected chi connectivity index (χ1v) is 8.70. The van der Waals surface area contributed by atoms with Crippen LogP contribution >= 0.6 is 0 Å². The van der Waals surface area contributed by atoms with Gasteiger partial charge in [0, 0.05) is 6.04 Å². The van der Waals surface area contributed by atoms with E-state index in [9.17, 15) is 14.4 Å². The van der Waals surface area contributed by atoms with Crippen molar-refractivity contribution in [2.24, 2.45) is 5.92 Å². The largest absolute Gasteiger partial charge is 0.455 e. The number of amides is 3. The molecule has 1 aromatic carbocycles. The highest BCUT2D eigenvalue weighted by Crippen LogP contribution is 2.28. The number of esters is 1. The van der Waals surface area contributed by atoms with Gasteiger partial charge >= 0.3 is 12.0 Å². The Morgan fingerprint density at radius 2 is 1.68 bits per heavy atom. The van der Waals surface area contributed by atoms with E-state index in [2.05, 4.69) is 10.6 Å². The molecule has 0 radical (unpaired) electrons. The topological polar surface area (TPSA) is 84.5 Å². The second-order valence-electron chi connectivity index (χ2n) is 6.21. The van der Waals surface area contributed by atoms with E-state index in [1.54, 1.807) is 0 Å². The van der Waals surface area contributed by atoms with E-state index < -0.39 is 30.4 Å². The lowest BCUT2D eigenvalue weighted by atomic mass is 9.86. The molecule has 25 heavy (non-hydrogen) atoms. The van der Waals surface area contributed by atoms with Crippen molar-refractivity contribution in [3.63, 3.8) is 0 Å². The summed E-state index contributed by atoms with van der Waals surface area (Å²) in [6.07, 6.45) is 1.56. The number of hydrogen-bond donors (Lipinski definition) is 2. The number of ether oxygens (including phenoxy) is 1. The zero-order valence-electron chi connectivity index (χ0n) is 15.4. The third-order valence-corrected chi connectivity index (χ3v) is 4.21. The molecule has 0 aliphatic rings. The Bertz CT molecular complexity index is 574. The number of hydrogen-bond acceptors (Lipinski definition) is 4. The minimum Gasteiger partial charge on any atom is -0.455 e. The van der Waals surface area contributed by atoms with Gasteiger partial charge in [-0.3, -0.25) is 14.9 Å². The van der Waals surface area contributed by atoms with Gasteiger partial charge in [-0.15, -0.1) is 0 Å². The second kappa shape index (κ2) is 10.5. The molecular weight excluding hydrogens is 320 g/mol. The van der Waals surface area contributed by atoms with E-state index in [1.165, 1.54) is 0 Å². The van der Waals surface area contributed by atoms with Crippen LogP contribution in [-0.4, -0.2) is 30.6 Å². The van der Waals surface area contributed by atoms with Crippen molar-refractivity contribution in [2.75, 3.05) is 6.61 Å². The van der Waals surface area contributed by atoms with Crippen molar-refractivity contribution in [1.82, 2.24) is 10.6 Å². The molecule has 0 heterocycles. The maximum atomic E-state index is 12.5. The van der Waals surface area contributed by atoms with E-state index in [4.69, 9.17) is 4.74 Å². The molecule has 0 fully saturated rings. The predicted molar refractivity (Wildman–Crippen MR) is 96.0 cm³/mol. The first-order valence-electron chi connectivity index (χ1n) is 8.70. The van der Waals surface area contributed by atoms with Crippen LogP contribution in [0.15, 0.2) is 30.3 Å². The maximum absolute atomic E-state index is 12.5. The number of benzene rings is 1. The van der Waals surface area contributed by atoms with Gasteiger partial charge in [0.1, 0.15) is 0 Å². The molecule has 3 atom stereocenters. The van der Waals surface area contributed by atoms with E-state index in [1.807, 2.05) is 58.0 Å². The van der Waals surface area contributed by atoms with Crippen LogP contribution < -0.4 is 10.6 Å². The molecular formula is C19H28N2O4. The van der Waals surface area contributed by atoms with Gasteiger partial charge in [0.2, 0.25) is 0 Å². The molecule has 138 valence electrons. The van der Waals surface area contributed by atoms with Gasteiger partial charge in [0.05, 0.1) is 5.92 Å². The minimum atomic E-state index is -0.648. The summed E-state index contributed by atoms with van der Waals surface area (Å²) < 4.78 is 5.14. The van der Waals surface area contributed by atoms with E-state index in [0.717, 1.165) is 18.4 Å². The average Bonchev–Trinajstić information content (AvgIpc) is 2.60. The molecule has 0 bridgehead atoms. The van der Waals surface area contributed by atoms with Gasteiger partial charge in [0.15, 0.2) is 6.61 Å². The monoisotopic (exact) mass is 348 g/mol. The number of carbonyl (C=O) groups is 3. The van der Waals surface area contributed by atoms with E-state index in [-0.39, 0.29) is 12.0 Å². The SMILES string of the molecule is CC[C@H](C)NC(=O)NC(=O)COC(=O)[C@H](c1ccccc1)[C@@H](C)CC. The van der Waals surface area contributed by atoms with Crippen molar-refractivity contribution in [1.29, 1.82) is 0 Å². The number of nitrogens with one attached hydrogen (secondary N) is 2. The highest BCUT2D eigenvalue weighted by atomic mass is 16.5. The molecule has 0 aliphatic heterocycles. The van der Waals surface area contributed by atoms with Crippen LogP contribution in [-0.2, 0) is 14.3 Å². The van der Waals surface area contributed by atoms with Crippen LogP contribution in [0.1, 0.15) is 52.0 Å². The Labute approximate surface area is 149 Å². The standard InChI is InChI=1S/C19H28N2O4/c1-5-13(3)17(15-10-8-7-9-11-15)18(23)25-12-16(22)21-19(24)20-14(4)6-2/h7-11,13-14,17H,5-6,12H2,1-4H3,(H2,20,21,22,24)/t13-,14-,17-/m0/s1. The second-order valence-corrected chi connectivity index (χ2v) is 6.21. The van der Waals surface area contributed by atoms with Crippen LogP contribution in [0.5, 0.6) is 0 Å². The van der Waals surface area contributed by atoms with Gasteiger partial charge < -0.3 is 10.1 Å². The fraction of sp³-hybridized carbons (Fsp3) is 0.526. The first kappa shape index (κ1) is 20.7. The zero-order valence-corrected chi connectivity index (χ0v) is 15.4. The normalized spacial score (nSPS) is 14.1. The van der Waals surface area contributed by atoms with Crippen LogP contribution in [0.3, 0.4) is 0 Å². The summed E-state index contributed by atoms with van der Waals surface area (Å²) in [7, 11) is 0. The lowest BCUT2D eigenvalue weighted by Crippen LogP contribution is -2.44. The van der Waals surface area contributed by atoms with Gasteiger partial charge in [-0.05, 0) is 24.8 Å². The number of urea groups is 1. The highest BCUT2D eigenvalue weighted by Gasteiger charge is 2.27. The molecule has 0 saturated carbocycles. The van der Waals surface area contributed by atoms with Gasteiger partial charge in [-0.1, -0.05) is 57.5 Å². The zero-order chi connectivity index (χ0) is 18.8. The molecule has 0 aromatic heterocycles. The molecule has 0 saturated heterocycles. The van der Waals surface area contributed by atoms with Crippen molar-refractivity contribution < 1.29 is 19.1 Å². The van der Waals surface area contributed by atoms with Crippen LogP contribution in [0.25, 0.3) is 0 Å². The van der Waals surface area contributed by atoms with Gasteiger partial charge in [-0.25, -0.2) is 4.79 Å².